The topological polar surface area (TPSA) is 17.1 Å². The van der Waals surface area contributed by atoms with E-state index in [1.165, 1.54) is 10.6 Å². The Morgan fingerprint density at radius 1 is 1.30 bits per heavy atom. The monoisotopic (exact) mass is 206 g/mol. The second-order valence-electron chi connectivity index (χ2n) is 2.59. The van der Waals surface area contributed by atoms with Crippen LogP contribution < -0.4 is 0 Å². The van der Waals surface area contributed by atoms with E-state index in [1.807, 2.05) is 0 Å². The van der Waals surface area contributed by atoms with Crippen molar-refractivity contribution in [2.75, 3.05) is 0 Å². The SMILES string of the molecule is C[CH2][Al]([CH2]C)[CH2]C(C)=O.[Zn]. The van der Waals surface area contributed by atoms with Crippen molar-refractivity contribution >= 4 is 19.9 Å². The molecule has 0 saturated heterocycles. The van der Waals surface area contributed by atoms with Gasteiger partial charge in [0.25, 0.3) is 14.1 Å². The van der Waals surface area contributed by atoms with E-state index < -0.39 is 14.1 Å². The maximum Gasteiger partial charge on any atom is 0.271 e. The van der Waals surface area contributed by atoms with Crippen LogP contribution in [0, 0.1) is 0 Å². The van der Waals surface area contributed by atoms with Crippen molar-refractivity contribution in [3.8, 4) is 0 Å². The fraction of sp³-hybridized carbons (Fsp3) is 0.857. The Bertz CT molecular complexity index is 91.6. The Morgan fingerprint density at radius 2 is 1.70 bits per heavy atom. The third-order valence-electron chi connectivity index (χ3n) is 1.73. The van der Waals surface area contributed by atoms with Crippen molar-refractivity contribution < 1.29 is 24.3 Å². The molecule has 0 fully saturated rings. The number of hydrogen-bond acceptors (Lipinski definition) is 1. The van der Waals surface area contributed by atoms with Gasteiger partial charge in [0, 0.05) is 19.5 Å². The number of carbonyl (C=O) groups excluding carboxylic acids is 1. The van der Waals surface area contributed by atoms with Gasteiger partial charge in [0.2, 0.25) is 0 Å². The van der Waals surface area contributed by atoms with E-state index in [-0.39, 0.29) is 19.5 Å². The molecule has 0 radical (unpaired) electrons. The fourth-order valence-electron chi connectivity index (χ4n) is 0.984. The molecular weight excluding hydrogens is 192 g/mol. The normalized spacial score (nSPS) is 8.30. The van der Waals surface area contributed by atoms with Gasteiger partial charge < -0.3 is 4.79 Å². The maximum atomic E-state index is 10.6. The molecule has 1 nitrogen and oxygen atoms in total. The van der Waals surface area contributed by atoms with Crippen LogP contribution in [0.3, 0.4) is 0 Å². The fourth-order valence-corrected chi connectivity index (χ4v) is 2.95. The first-order chi connectivity index (χ1) is 4.20. The molecule has 0 saturated carbocycles. The summed E-state index contributed by atoms with van der Waals surface area (Å²) >= 11 is -0.600. The Labute approximate surface area is 80.7 Å². The van der Waals surface area contributed by atoms with Gasteiger partial charge in [-0.15, -0.1) is 0 Å². The molecule has 0 aromatic carbocycles. The second kappa shape index (κ2) is 7.93. The summed E-state index contributed by atoms with van der Waals surface area (Å²) in [5, 5.41) is 3.46. The zero-order chi connectivity index (χ0) is 7.28. The molecule has 3 heteroatoms. The zero-order valence-corrected chi connectivity index (χ0v) is 11.4. The van der Waals surface area contributed by atoms with Crippen LogP contribution in [-0.2, 0) is 24.3 Å². The first-order valence-electron chi connectivity index (χ1n) is 3.70. The summed E-state index contributed by atoms with van der Waals surface area (Å²) in [5.41, 5.74) is 0. The van der Waals surface area contributed by atoms with Crippen LogP contribution in [0.25, 0.3) is 0 Å². The molecule has 0 aliphatic heterocycles. The van der Waals surface area contributed by atoms with Crippen molar-refractivity contribution in [3.05, 3.63) is 0 Å². The van der Waals surface area contributed by atoms with Gasteiger partial charge in [-0.25, -0.2) is 0 Å². The Balaban J connectivity index is 0. The Morgan fingerprint density at radius 3 is 1.80 bits per heavy atom. The molecule has 0 heterocycles. The number of hydrogen-bond donors (Lipinski definition) is 0. The van der Waals surface area contributed by atoms with Crippen LogP contribution in [0.4, 0.5) is 0 Å². The summed E-state index contributed by atoms with van der Waals surface area (Å²) < 4.78 is 0. The van der Waals surface area contributed by atoms with Crippen LogP contribution >= 0.6 is 0 Å². The number of carbonyl (C=O) groups is 1. The average molecular weight is 208 g/mol. The van der Waals surface area contributed by atoms with Gasteiger partial charge in [-0.05, 0) is 12.2 Å². The van der Waals surface area contributed by atoms with Crippen LogP contribution in [0.15, 0.2) is 0 Å². The predicted molar refractivity (Wildman–Crippen MR) is 42.2 cm³/mol. The molecule has 0 aromatic heterocycles. The van der Waals surface area contributed by atoms with E-state index in [0.717, 1.165) is 5.28 Å². The third-order valence-corrected chi connectivity index (χ3v) is 5.19. The van der Waals surface area contributed by atoms with E-state index in [1.54, 1.807) is 6.92 Å². The minimum atomic E-state index is -0.600. The molecule has 0 amide bonds. The van der Waals surface area contributed by atoms with Crippen molar-refractivity contribution in [1.29, 1.82) is 0 Å². The summed E-state index contributed by atoms with van der Waals surface area (Å²) in [6, 6.07) is 0. The molecule has 0 aliphatic rings. The molecule has 0 aliphatic carbocycles. The van der Waals surface area contributed by atoms with E-state index >= 15 is 0 Å². The van der Waals surface area contributed by atoms with E-state index in [2.05, 4.69) is 13.8 Å². The molecule has 10 heavy (non-hydrogen) atoms. The van der Waals surface area contributed by atoms with Gasteiger partial charge in [-0.1, -0.05) is 24.4 Å². The largest absolute Gasteiger partial charge is 0.301 e. The van der Waals surface area contributed by atoms with Crippen molar-refractivity contribution in [1.82, 2.24) is 0 Å². The first-order valence-corrected chi connectivity index (χ1v) is 6.15. The van der Waals surface area contributed by atoms with Crippen LogP contribution in [-0.4, -0.2) is 19.9 Å². The Hall–Kier alpha value is 0.826. The summed E-state index contributed by atoms with van der Waals surface area (Å²) in [6.07, 6.45) is 0. The second-order valence-corrected chi connectivity index (χ2v) is 6.36. The van der Waals surface area contributed by atoms with Crippen molar-refractivity contribution in [2.45, 2.75) is 36.6 Å². The third kappa shape index (κ3) is 6.94. The van der Waals surface area contributed by atoms with Crippen LogP contribution in [0.2, 0.25) is 15.8 Å². The van der Waals surface area contributed by atoms with E-state index in [9.17, 15) is 4.79 Å². The van der Waals surface area contributed by atoms with Gasteiger partial charge in [0.1, 0.15) is 5.78 Å². The minimum absolute atomic E-state index is 0. The van der Waals surface area contributed by atoms with Crippen molar-refractivity contribution in [3.63, 3.8) is 0 Å². The standard InChI is InChI=1S/C3H5O.2C2H5.Al.Zn/c1-3(2)4;2*1-2;;/h1H2,2H3;2*1H2,2H3;;. The first kappa shape index (κ1) is 13.4. The molecule has 0 atom stereocenters. The van der Waals surface area contributed by atoms with E-state index in [4.69, 9.17) is 0 Å². The predicted octanol–water partition coefficient (Wildman–Crippen LogP) is 2.11. The van der Waals surface area contributed by atoms with Gasteiger partial charge in [-0.2, -0.15) is 0 Å². The minimum Gasteiger partial charge on any atom is -0.301 e. The zero-order valence-electron chi connectivity index (χ0n) is 7.31. The number of Topliss-reactive ketones (excluding diaryl/α,β-unsaturated/α-hetero) is 1. The smallest absolute Gasteiger partial charge is 0.271 e. The number of ketones is 1. The molecule has 0 aromatic rings. The van der Waals surface area contributed by atoms with Crippen molar-refractivity contribution in [2.24, 2.45) is 0 Å². The number of rotatable bonds is 4. The van der Waals surface area contributed by atoms with Gasteiger partial charge in [0.15, 0.2) is 0 Å². The maximum absolute atomic E-state index is 10.6. The molecule has 0 unspecified atom stereocenters. The van der Waals surface area contributed by atoms with Gasteiger partial charge in [0.05, 0.1) is 0 Å². The molecular formula is C7H15AlOZn. The van der Waals surface area contributed by atoms with E-state index in [0.29, 0.717) is 5.78 Å². The molecule has 0 spiro atoms. The molecule has 0 N–H and O–H groups in total. The van der Waals surface area contributed by atoms with Gasteiger partial charge >= 0.3 is 0 Å². The van der Waals surface area contributed by atoms with Crippen LogP contribution in [0.1, 0.15) is 20.8 Å². The summed E-state index contributed by atoms with van der Waals surface area (Å²) in [7, 11) is 0. The molecule has 0 bridgehead atoms. The quantitative estimate of drug-likeness (QED) is 0.646. The van der Waals surface area contributed by atoms with Crippen LogP contribution in [0.5, 0.6) is 0 Å². The summed E-state index contributed by atoms with van der Waals surface area (Å²) in [6.45, 7) is 6.10. The summed E-state index contributed by atoms with van der Waals surface area (Å²) in [4.78, 5) is 10.6. The molecule has 54 valence electrons. The summed E-state index contributed by atoms with van der Waals surface area (Å²) in [5.74, 6) is 0.385. The Kier molecular flexibility index (Phi) is 10.6. The van der Waals surface area contributed by atoms with Gasteiger partial charge in [-0.3, -0.25) is 0 Å². The molecule has 0 rings (SSSR count). The average Bonchev–Trinajstić information content (AvgIpc) is 1.82.